The van der Waals surface area contributed by atoms with E-state index in [1.54, 1.807) is 0 Å². The molecule has 0 radical (unpaired) electrons. The van der Waals surface area contributed by atoms with E-state index in [0.717, 1.165) is 6.42 Å². The topological polar surface area (TPSA) is 69.6 Å². The summed E-state index contributed by atoms with van der Waals surface area (Å²) in [5.41, 5.74) is -0.265. The Morgan fingerprint density at radius 2 is 2.00 bits per heavy atom. The van der Waals surface area contributed by atoms with Crippen molar-refractivity contribution in [1.29, 1.82) is 0 Å². The van der Waals surface area contributed by atoms with E-state index in [2.05, 4.69) is 5.32 Å². The molecule has 5 heteroatoms. The van der Waals surface area contributed by atoms with Gasteiger partial charge in [-0.3, -0.25) is 4.79 Å². The van der Waals surface area contributed by atoms with Crippen LogP contribution in [-0.4, -0.2) is 41.1 Å². The van der Waals surface area contributed by atoms with Crippen LogP contribution >= 0.6 is 0 Å². The minimum atomic E-state index is -0.864. The van der Waals surface area contributed by atoms with Crippen LogP contribution in [0.15, 0.2) is 0 Å². The number of nitrogens with zero attached hydrogens (tertiary/aromatic N) is 1. The van der Waals surface area contributed by atoms with Crippen molar-refractivity contribution in [3.8, 4) is 0 Å². The largest absolute Gasteiger partial charge is 0.465 e. The molecule has 2 aliphatic heterocycles. The second kappa shape index (κ2) is 3.62. The van der Waals surface area contributed by atoms with E-state index in [1.165, 1.54) is 17.7 Å². The first-order chi connectivity index (χ1) is 8.11. The number of carboxylic acid groups (broad SMARTS) is 1. The number of amides is 2. The predicted molar refractivity (Wildman–Crippen MR) is 60.5 cm³/mol. The van der Waals surface area contributed by atoms with Crippen molar-refractivity contribution in [1.82, 2.24) is 10.2 Å². The van der Waals surface area contributed by atoms with E-state index in [-0.39, 0.29) is 11.3 Å². The molecule has 0 aromatic rings. The van der Waals surface area contributed by atoms with Crippen LogP contribution in [0, 0.1) is 11.3 Å². The van der Waals surface area contributed by atoms with Gasteiger partial charge in [-0.1, -0.05) is 0 Å². The first kappa shape index (κ1) is 10.9. The van der Waals surface area contributed by atoms with Crippen molar-refractivity contribution in [2.75, 3.05) is 13.1 Å². The average Bonchev–Trinajstić information content (AvgIpc) is 3.08. The number of likely N-dealkylation sites (tertiary alicyclic amines) is 1. The van der Waals surface area contributed by atoms with Gasteiger partial charge in [-0.25, -0.2) is 4.79 Å². The molecular formula is C12H18N2O3. The summed E-state index contributed by atoms with van der Waals surface area (Å²) in [5, 5.41) is 12.0. The fourth-order valence-electron chi connectivity index (χ4n) is 3.23. The van der Waals surface area contributed by atoms with E-state index in [1.807, 2.05) is 0 Å². The van der Waals surface area contributed by atoms with Crippen molar-refractivity contribution in [3.05, 3.63) is 0 Å². The van der Waals surface area contributed by atoms with Crippen molar-refractivity contribution in [2.24, 2.45) is 11.3 Å². The zero-order chi connectivity index (χ0) is 12.0. The van der Waals surface area contributed by atoms with Gasteiger partial charge < -0.3 is 15.3 Å². The molecular weight excluding hydrogens is 220 g/mol. The van der Waals surface area contributed by atoms with Gasteiger partial charge in [0.25, 0.3) is 0 Å². The molecule has 1 saturated carbocycles. The summed E-state index contributed by atoms with van der Waals surface area (Å²) < 4.78 is 0. The van der Waals surface area contributed by atoms with Gasteiger partial charge in [0.15, 0.2) is 0 Å². The van der Waals surface area contributed by atoms with Crippen LogP contribution in [0.2, 0.25) is 0 Å². The maximum atomic E-state index is 12.1. The quantitative estimate of drug-likeness (QED) is 0.717. The Morgan fingerprint density at radius 1 is 1.35 bits per heavy atom. The van der Waals surface area contributed by atoms with Gasteiger partial charge in [0, 0.05) is 19.1 Å². The Kier molecular flexibility index (Phi) is 2.31. The summed E-state index contributed by atoms with van der Waals surface area (Å²) in [6.45, 7) is 1.00. The van der Waals surface area contributed by atoms with Crippen LogP contribution < -0.4 is 5.32 Å². The SMILES string of the molecule is O=C(O)N1CCC2(CC1)CC(C1CC1)NC2=O. The fraction of sp³-hybridized carbons (Fsp3) is 0.833. The molecule has 5 nitrogen and oxygen atoms in total. The van der Waals surface area contributed by atoms with Crippen LogP contribution in [0.25, 0.3) is 0 Å². The highest BCUT2D eigenvalue weighted by Gasteiger charge is 2.51. The van der Waals surface area contributed by atoms with Crippen LogP contribution in [-0.2, 0) is 4.79 Å². The minimum absolute atomic E-state index is 0.166. The molecule has 2 N–H and O–H groups in total. The van der Waals surface area contributed by atoms with Gasteiger partial charge in [0.05, 0.1) is 5.41 Å². The minimum Gasteiger partial charge on any atom is -0.465 e. The monoisotopic (exact) mass is 238 g/mol. The highest BCUT2D eigenvalue weighted by molar-refractivity contribution is 5.85. The Hall–Kier alpha value is -1.26. The standard InChI is InChI=1S/C12H18N2O3/c15-10-12(7-9(13-10)8-1-2-8)3-5-14(6-4-12)11(16)17/h8-9H,1-7H2,(H,13,15)(H,16,17). The summed E-state index contributed by atoms with van der Waals surface area (Å²) in [6.07, 6.45) is 3.91. The fourth-order valence-corrected chi connectivity index (χ4v) is 3.23. The molecule has 3 fully saturated rings. The summed E-state index contributed by atoms with van der Waals surface area (Å²) in [4.78, 5) is 24.4. The Bertz CT molecular complexity index is 357. The normalized spacial score (nSPS) is 31.6. The average molecular weight is 238 g/mol. The predicted octanol–water partition coefficient (Wildman–Crippen LogP) is 1.05. The van der Waals surface area contributed by atoms with Gasteiger partial charge in [-0.2, -0.15) is 0 Å². The van der Waals surface area contributed by atoms with Crippen LogP contribution in [0.4, 0.5) is 4.79 Å². The van der Waals surface area contributed by atoms with E-state index in [4.69, 9.17) is 5.11 Å². The van der Waals surface area contributed by atoms with Gasteiger partial charge in [-0.15, -0.1) is 0 Å². The lowest BCUT2D eigenvalue weighted by molar-refractivity contribution is -0.129. The molecule has 3 rings (SSSR count). The zero-order valence-corrected chi connectivity index (χ0v) is 9.82. The maximum Gasteiger partial charge on any atom is 0.407 e. The number of carbonyl (C=O) groups excluding carboxylic acids is 1. The maximum absolute atomic E-state index is 12.1. The molecule has 0 aromatic carbocycles. The van der Waals surface area contributed by atoms with E-state index in [0.29, 0.717) is 37.9 Å². The van der Waals surface area contributed by atoms with E-state index < -0.39 is 6.09 Å². The summed E-state index contributed by atoms with van der Waals surface area (Å²) in [6, 6.07) is 0.360. The smallest absolute Gasteiger partial charge is 0.407 e. The van der Waals surface area contributed by atoms with Crippen molar-refractivity contribution >= 4 is 12.0 Å². The first-order valence-electron chi connectivity index (χ1n) is 6.40. The van der Waals surface area contributed by atoms with Crippen molar-refractivity contribution < 1.29 is 14.7 Å². The number of piperidine rings is 1. The van der Waals surface area contributed by atoms with Gasteiger partial charge in [0.2, 0.25) is 5.91 Å². The third-order valence-electron chi connectivity index (χ3n) is 4.59. The first-order valence-corrected chi connectivity index (χ1v) is 6.40. The van der Waals surface area contributed by atoms with Crippen LogP contribution in [0.3, 0.4) is 0 Å². The number of rotatable bonds is 1. The molecule has 1 aliphatic carbocycles. The third kappa shape index (κ3) is 1.77. The summed E-state index contributed by atoms with van der Waals surface area (Å²) >= 11 is 0. The van der Waals surface area contributed by atoms with Gasteiger partial charge in [-0.05, 0) is 38.0 Å². The van der Waals surface area contributed by atoms with E-state index >= 15 is 0 Å². The summed E-state index contributed by atoms with van der Waals surface area (Å²) in [5.74, 6) is 0.857. The highest BCUT2D eigenvalue weighted by Crippen LogP contribution is 2.46. The lowest BCUT2D eigenvalue weighted by atomic mass is 9.75. The second-order valence-electron chi connectivity index (χ2n) is 5.67. The second-order valence-corrected chi connectivity index (χ2v) is 5.67. The molecule has 3 aliphatic rings. The molecule has 1 spiro atoms. The van der Waals surface area contributed by atoms with Crippen molar-refractivity contribution in [3.63, 3.8) is 0 Å². The molecule has 1 atom stereocenters. The highest BCUT2D eigenvalue weighted by atomic mass is 16.4. The molecule has 17 heavy (non-hydrogen) atoms. The Balaban J connectivity index is 1.67. The molecule has 0 aromatic heterocycles. The molecule has 1 unspecified atom stereocenters. The molecule has 2 heterocycles. The Labute approximate surface area is 100 Å². The van der Waals surface area contributed by atoms with Gasteiger partial charge in [0.1, 0.15) is 0 Å². The van der Waals surface area contributed by atoms with Crippen LogP contribution in [0.5, 0.6) is 0 Å². The lowest BCUT2D eigenvalue weighted by Crippen LogP contribution is -2.45. The van der Waals surface area contributed by atoms with Crippen molar-refractivity contribution in [2.45, 2.75) is 38.1 Å². The zero-order valence-electron chi connectivity index (χ0n) is 9.82. The number of hydrogen-bond acceptors (Lipinski definition) is 2. The number of nitrogens with one attached hydrogen (secondary N) is 1. The van der Waals surface area contributed by atoms with Gasteiger partial charge >= 0.3 is 6.09 Å². The lowest BCUT2D eigenvalue weighted by Gasteiger charge is -2.36. The van der Waals surface area contributed by atoms with E-state index in [9.17, 15) is 9.59 Å². The molecule has 0 bridgehead atoms. The third-order valence-corrected chi connectivity index (χ3v) is 4.59. The molecule has 94 valence electrons. The number of carbonyl (C=O) groups is 2. The molecule has 2 saturated heterocycles. The Morgan fingerprint density at radius 3 is 2.53 bits per heavy atom. The molecule has 2 amide bonds. The summed E-state index contributed by atoms with van der Waals surface area (Å²) in [7, 11) is 0. The van der Waals surface area contributed by atoms with Crippen LogP contribution in [0.1, 0.15) is 32.1 Å². The number of hydrogen-bond donors (Lipinski definition) is 2.